The largest absolute Gasteiger partial charge is 0.393 e. The number of halogens is 6. The third-order valence-electron chi connectivity index (χ3n) is 7.86. The molecule has 9 nitrogen and oxygen atoms in total. The van der Waals surface area contributed by atoms with E-state index in [0.717, 1.165) is 0 Å². The van der Waals surface area contributed by atoms with E-state index < -0.39 is 55.0 Å². The number of carbonyl (C=O) groups is 2. The van der Waals surface area contributed by atoms with E-state index in [1.807, 2.05) is 0 Å². The standard InChI is InChI=1S/C26H29F6N7O2/c27-8-10-38-20(5-9-34-38)24(41)36-22(15-3-6-25(28,29)7-4-15)19-14-39-21(35-19)2-1-18(37-39)12-16-11-17(26(30,31)32)13-33-23(16)40/h1-2,5,9,14-17,22H,3-4,6-8,10-13H2,(H,33,40)(H,36,41)/t16?,17-,22+/m1/s1. The van der Waals surface area contributed by atoms with Crippen molar-refractivity contribution in [3.8, 4) is 0 Å². The number of hydrogen-bond donors (Lipinski definition) is 2. The highest BCUT2D eigenvalue weighted by Gasteiger charge is 2.45. The molecular formula is C26H29F6N7O2. The zero-order valence-corrected chi connectivity index (χ0v) is 21.9. The zero-order valence-electron chi connectivity index (χ0n) is 21.9. The van der Waals surface area contributed by atoms with Crippen molar-refractivity contribution in [2.75, 3.05) is 13.2 Å². The van der Waals surface area contributed by atoms with Gasteiger partial charge in [0.25, 0.3) is 5.91 Å². The van der Waals surface area contributed by atoms with Crippen LogP contribution in [-0.4, -0.2) is 61.5 Å². The van der Waals surface area contributed by atoms with Crippen LogP contribution in [0.3, 0.4) is 0 Å². The maximum Gasteiger partial charge on any atom is 0.393 e. The van der Waals surface area contributed by atoms with Crippen molar-refractivity contribution in [2.24, 2.45) is 17.8 Å². The summed E-state index contributed by atoms with van der Waals surface area (Å²) < 4.78 is 83.1. The molecule has 5 rings (SSSR count). The fraction of sp³-hybridized carbons (Fsp3) is 0.577. The number of carbonyl (C=O) groups excluding carboxylic acids is 2. The van der Waals surface area contributed by atoms with Gasteiger partial charge >= 0.3 is 6.18 Å². The van der Waals surface area contributed by atoms with Crippen molar-refractivity contribution in [3.63, 3.8) is 0 Å². The fourth-order valence-electron chi connectivity index (χ4n) is 5.61. The van der Waals surface area contributed by atoms with Crippen molar-refractivity contribution in [2.45, 2.75) is 63.2 Å². The first-order chi connectivity index (χ1) is 19.4. The van der Waals surface area contributed by atoms with Gasteiger partial charge in [0, 0.05) is 37.9 Å². The Bertz CT molecular complexity index is 1390. The predicted molar refractivity (Wildman–Crippen MR) is 133 cm³/mol. The van der Waals surface area contributed by atoms with Crippen LogP contribution in [-0.2, 0) is 17.8 Å². The second-order valence-corrected chi connectivity index (χ2v) is 10.7. The molecule has 2 fully saturated rings. The predicted octanol–water partition coefficient (Wildman–Crippen LogP) is 4.05. The summed E-state index contributed by atoms with van der Waals surface area (Å²) in [6, 6.07) is 3.83. The summed E-state index contributed by atoms with van der Waals surface area (Å²) in [6.45, 7) is -1.31. The van der Waals surface area contributed by atoms with Crippen molar-refractivity contribution in [1.29, 1.82) is 0 Å². The summed E-state index contributed by atoms with van der Waals surface area (Å²) in [5.74, 6) is -6.74. The van der Waals surface area contributed by atoms with E-state index in [1.165, 1.54) is 27.7 Å². The number of rotatable bonds is 8. The molecule has 222 valence electrons. The number of aryl methyl sites for hydroxylation is 1. The first kappa shape index (κ1) is 28.9. The number of alkyl halides is 6. The first-order valence-electron chi connectivity index (χ1n) is 13.4. The molecule has 15 heteroatoms. The van der Waals surface area contributed by atoms with Crippen molar-refractivity contribution < 1.29 is 35.9 Å². The molecule has 1 aliphatic carbocycles. The van der Waals surface area contributed by atoms with Gasteiger partial charge in [-0.2, -0.15) is 23.4 Å². The number of fused-ring (bicyclic) bond motifs is 1. The molecule has 1 saturated heterocycles. The van der Waals surface area contributed by atoms with Crippen LogP contribution in [0.4, 0.5) is 26.3 Å². The van der Waals surface area contributed by atoms with Crippen LogP contribution in [0.2, 0.25) is 0 Å². The highest BCUT2D eigenvalue weighted by molar-refractivity contribution is 5.92. The quantitative estimate of drug-likeness (QED) is 0.388. The maximum atomic E-state index is 13.9. The minimum atomic E-state index is -4.42. The first-order valence-corrected chi connectivity index (χ1v) is 13.4. The molecule has 1 aliphatic heterocycles. The van der Waals surface area contributed by atoms with Crippen molar-refractivity contribution >= 4 is 17.5 Å². The van der Waals surface area contributed by atoms with E-state index in [1.54, 1.807) is 12.1 Å². The summed E-state index contributed by atoms with van der Waals surface area (Å²) in [4.78, 5) is 30.0. The normalized spacial score (nSPS) is 22.4. The highest BCUT2D eigenvalue weighted by atomic mass is 19.4. The Hall–Kier alpha value is -3.65. The second kappa shape index (κ2) is 11.3. The van der Waals surface area contributed by atoms with Gasteiger partial charge in [0.15, 0.2) is 5.65 Å². The molecule has 3 atom stereocenters. The van der Waals surface area contributed by atoms with Gasteiger partial charge in [-0.3, -0.25) is 14.3 Å². The number of hydrogen-bond acceptors (Lipinski definition) is 5. The molecular weight excluding hydrogens is 556 g/mol. The van der Waals surface area contributed by atoms with Crippen molar-refractivity contribution in [3.05, 3.63) is 47.7 Å². The third kappa shape index (κ3) is 6.48. The molecule has 41 heavy (non-hydrogen) atoms. The van der Waals surface area contributed by atoms with Gasteiger partial charge in [0.1, 0.15) is 12.4 Å². The number of nitrogens with zero attached hydrogens (tertiary/aromatic N) is 5. The smallest absolute Gasteiger partial charge is 0.355 e. The molecule has 0 radical (unpaired) electrons. The van der Waals surface area contributed by atoms with E-state index in [9.17, 15) is 35.9 Å². The summed E-state index contributed by atoms with van der Waals surface area (Å²) in [5.41, 5.74) is 1.22. The van der Waals surface area contributed by atoms with Gasteiger partial charge in [-0.25, -0.2) is 22.7 Å². The van der Waals surface area contributed by atoms with E-state index in [2.05, 4.69) is 25.8 Å². The van der Waals surface area contributed by atoms with Crippen LogP contribution < -0.4 is 10.6 Å². The number of piperidine rings is 1. The SMILES string of the molecule is O=C(N[C@H](c1cn2nc(CC3C[C@@H](C(F)(F)F)CNC3=O)ccc2n1)C1CCC(F)(F)CC1)c1ccnn1CCF. The molecule has 2 aliphatic rings. The highest BCUT2D eigenvalue weighted by Crippen LogP contribution is 2.41. The molecule has 1 saturated carbocycles. The van der Waals surface area contributed by atoms with Crippen LogP contribution in [0.25, 0.3) is 5.65 Å². The van der Waals surface area contributed by atoms with Gasteiger partial charge < -0.3 is 10.6 Å². The van der Waals surface area contributed by atoms with Gasteiger partial charge in [-0.1, -0.05) is 0 Å². The van der Waals surface area contributed by atoms with Crippen LogP contribution in [0.5, 0.6) is 0 Å². The molecule has 0 bridgehead atoms. The average Bonchev–Trinajstić information content (AvgIpc) is 3.55. The Labute approximate surface area is 230 Å². The summed E-state index contributed by atoms with van der Waals surface area (Å²) in [5, 5.41) is 13.6. The summed E-state index contributed by atoms with van der Waals surface area (Å²) in [6.07, 6.45) is -2.31. The Kier molecular flexibility index (Phi) is 7.97. The lowest BCUT2D eigenvalue weighted by Gasteiger charge is -2.33. The molecule has 4 heterocycles. The van der Waals surface area contributed by atoms with Crippen LogP contribution in [0, 0.1) is 17.8 Å². The van der Waals surface area contributed by atoms with E-state index in [0.29, 0.717) is 17.0 Å². The monoisotopic (exact) mass is 585 g/mol. The lowest BCUT2D eigenvalue weighted by atomic mass is 9.81. The van der Waals surface area contributed by atoms with Crippen LogP contribution >= 0.6 is 0 Å². The van der Waals surface area contributed by atoms with Gasteiger partial charge in [0.05, 0.1) is 36.1 Å². The Morgan fingerprint density at radius 1 is 1.20 bits per heavy atom. The van der Waals surface area contributed by atoms with Gasteiger partial charge in [-0.15, -0.1) is 0 Å². The average molecular weight is 586 g/mol. The van der Waals surface area contributed by atoms with Gasteiger partial charge in [0.2, 0.25) is 11.8 Å². The maximum absolute atomic E-state index is 13.9. The second-order valence-electron chi connectivity index (χ2n) is 10.7. The summed E-state index contributed by atoms with van der Waals surface area (Å²) in [7, 11) is 0. The van der Waals surface area contributed by atoms with Gasteiger partial charge in [-0.05, 0) is 43.4 Å². The van der Waals surface area contributed by atoms with E-state index >= 15 is 0 Å². The lowest BCUT2D eigenvalue weighted by Crippen LogP contribution is -2.47. The zero-order chi connectivity index (χ0) is 29.4. The molecule has 0 spiro atoms. The molecule has 2 amide bonds. The minimum Gasteiger partial charge on any atom is -0.355 e. The van der Waals surface area contributed by atoms with E-state index in [-0.39, 0.29) is 56.7 Å². The third-order valence-corrected chi connectivity index (χ3v) is 7.86. The number of imidazole rings is 1. The fourth-order valence-corrected chi connectivity index (χ4v) is 5.61. The molecule has 2 N–H and O–H groups in total. The Balaban J connectivity index is 1.39. The number of aromatic nitrogens is 5. The number of nitrogens with one attached hydrogen (secondary N) is 2. The van der Waals surface area contributed by atoms with Crippen molar-refractivity contribution in [1.82, 2.24) is 35.0 Å². The minimum absolute atomic E-state index is 0.0156. The van der Waals surface area contributed by atoms with E-state index in [4.69, 9.17) is 0 Å². The van der Waals surface area contributed by atoms with Crippen LogP contribution in [0.1, 0.15) is 60.0 Å². The lowest BCUT2D eigenvalue weighted by molar-refractivity contribution is -0.183. The number of amides is 2. The molecule has 0 aromatic carbocycles. The Morgan fingerprint density at radius 2 is 1.95 bits per heavy atom. The molecule has 3 aromatic rings. The molecule has 1 unspecified atom stereocenters. The van der Waals surface area contributed by atoms with Crippen LogP contribution in [0.15, 0.2) is 30.6 Å². The summed E-state index contributed by atoms with van der Waals surface area (Å²) >= 11 is 0. The Morgan fingerprint density at radius 3 is 2.66 bits per heavy atom. The topological polar surface area (TPSA) is 106 Å². The molecule has 3 aromatic heterocycles.